The van der Waals surface area contributed by atoms with Gasteiger partial charge in [0.25, 0.3) is 0 Å². The predicted octanol–water partition coefficient (Wildman–Crippen LogP) is 1.25. The van der Waals surface area contributed by atoms with Gasteiger partial charge in [-0.2, -0.15) is 0 Å². The number of aryl methyl sites for hydroxylation is 1. The quantitative estimate of drug-likeness (QED) is 0.861. The van der Waals surface area contributed by atoms with Crippen molar-refractivity contribution in [3.05, 3.63) is 64.3 Å². The van der Waals surface area contributed by atoms with Gasteiger partial charge in [-0.1, -0.05) is 24.3 Å². The number of nitrogens with two attached hydrogens (primary N) is 1. The fraction of sp³-hybridized carbons (Fsp3) is 0.231. The molecule has 0 fully saturated rings. The number of aromatic nitrogens is 2. The lowest BCUT2D eigenvalue weighted by atomic mass is 10.0. The van der Waals surface area contributed by atoms with Crippen molar-refractivity contribution in [2.45, 2.75) is 19.5 Å². The third-order valence-corrected chi connectivity index (χ3v) is 2.76. The Bertz CT molecular complexity index is 562. The van der Waals surface area contributed by atoms with Crippen LogP contribution >= 0.6 is 0 Å². The molecule has 0 amide bonds. The van der Waals surface area contributed by atoms with Gasteiger partial charge in [0, 0.05) is 25.0 Å². The molecule has 2 N–H and O–H groups in total. The van der Waals surface area contributed by atoms with Gasteiger partial charge in [0.05, 0.1) is 0 Å². The molecule has 0 saturated heterocycles. The highest BCUT2D eigenvalue weighted by Crippen LogP contribution is 2.15. The normalized spacial score (nSPS) is 12.4. The van der Waals surface area contributed by atoms with Gasteiger partial charge in [0.2, 0.25) is 0 Å². The van der Waals surface area contributed by atoms with Crippen molar-refractivity contribution in [3.63, 3.8) is 0 Å². The summed E-state index contributed by atoms with van der Waals surface area (Å²) in [6.45, 7) is 2.46. The van der Waals surface area contributed by atoms with Crippen LogP contribution in [0.4, 0.5) is 0 Å². The smallest absolute Gasteiger partial charge is 0.322 e. The first-order chi connectivity index (χ1) is 8.18. The van der Waals surface area contributed by atoms with Gasteiger partial charge in [-0.15, -0.1) is 0 Å². The first-order valence-corrected chi connectivity index (χ1v) is 5.51. The van der Waals surface area contributed by atoms with E-state index in [4.69, 9.17) is 5.73 Å². The van der Waals surface area contributed by atoms with Crippen LogP contribution in [0.3, 0.4) is 0 Å². The molecule has 1 heterocycles. The van der Waals surface area contributed by atoms with Crippen molar-refractivity contribution in [2.24, 2.45) is 5.73 Å². The van der Waals surface area contributed by atoms with Gasteiger partial charge >= 0.3 is 5.69 Å². The van der Waals surface area contributed by atoms with E-state index in [1.807, 2.05) is 31.2 Å². The summed E-state index contributed by atoms with van der Waals surface area (Å²) >= 11 is 0. The topological polar surface area (TPSA) is 60.9 Å². The maximum Gasteiger partial charge on any atom is 0.347 e. The molecule has 1 aromatic carbocycles. The first kappa shape index (κ1) is 11.5. The molecule has 0 aliphatic carbocycles. The van der Waals surface area contributed by atoms with E-state index in [0.29, 0.717) is 6.54 Å². The Labute approximate surface area is 99.7 Å². The molecule has 2 rings (SSSR count). The van der Waals surface area contributed by atoms with Gasteiger partial charge < -0.3 is 5.73 Å². The summed E-state index contributed by atoms with van der Waals surface area (Å²) < 4.78 is 1.52. The molecule has 4 nitrogen and oxygen atoms in total. The molecule has 4 heteroatoms. The van der Waals surface area contributed by atoms with Crippen LogP contribution in [0, 0.1) is 6.92 Å². The van der Waals surface area contributed by atoms with Gasteiger partial charge in [-0.3, -0.25) is 4.57 Å². The minimum atomic E-state index is -0.267. The minimum absolute atomic E-state index is 0.196. The maximum absolute atomic E-state index is 11.5. The van der Waals surface area contributed by atoms with E-state index >= 15 is 0 Å². The van der Waals surface area contributed by atoms with Gasteiger partial charge in [-0.05, 0) is 24.1 Å². The second kappa shape index (κ2) is 4.93. The van der Waals surface area contributed by atoms with Crippen molar-refractivity contribution >= 4 is 0 Å². The molecule has 0 aliphatic rings. The molecule has 1 aromatic heterocycles. The summed E-state index contributed by atoms with van der Waals surface area (Å²) in [5.74, 6) is 0. The Kier molecular flexibility index (Phi) is 3.35. The van der Waals surface area contributed by atoms with Crippen molar-refractivity contribution in [2.75, 3.05) is 0 Å². The first-order valence-electron chi connectivity index (χ1n) is 5.51. The molecule has 0 spiro atoms. The van der Waals surface area contributed by atoms with E-state index in [-0.39, 0.29) is 11.7 Å². The number of rotatable bonds is 3. The van der Waals surface area contributed by atoms with E-state index in [1.165, 1.54) is 10.8 Å². The Hall–Kier alpha value is -1.94. The molecule has 1 atom stereocenters. The largest absolute Gasteiger partial charge is 0.347 e. The monoisotopic (exact) mass is 229 g/mol. The molecule has 88 valence electrons. The third kappa shape index (κ3) is 2.60. The van der Waals surface area contributed by atoms with Crippen molar-refractivity contribution in [1.82, 2.24) is 9.55 Å². The van der Waals surface area contributed by atoms with Crippen LogP contribution in [0.5, 0.6) is 0 Å². The molecule has 2 aromatic rings. The van der Waals surface area contributed by atoms with Crippen molar-refractivity contribution in [1.29, 1.82) is 0 Å². The van der Waals surface area contributed by atoms with Crippen molar-refractivity contribution in [3.8, 4) is 0 Å². The molecule has 1 unspecified atom stereocenters. The highest BCUT2D eigenvalue weighted by molar-refractivity contribution is 5.28. The molecule has 0 radical (unpaired) electrons. The average Bonchev–Trinajstić information content (AvgIpc) is 2.32. The van der Waals surface area contributed by atoms with Gasteiger partial charge in [0.15, 0.2) is 0 Å². The SMILES string of the molecule is Cc1ccccc1C(N)Cn1cccnc1=O. The Morgan fingerprint density at radius 1 is 1.35 bits per heavy atom. The highest BCUT2D eigenvalue weighted by Gasteiger charge is 2.09. The highest BCUT2D eigenvalue weighted by atomic mass is 16.1. The van der Waals surface area contributed by atoms with Crippen LogP contribution in [0.1, 0.15) is 17.2 Å². The summed E-state index contributed by atoms with van der Waals surface area (Å²) in [5.41, 5.74) is 8.04. The predicted molar refractivity (Wildman–Crippen MR) is 66.6 cm³/mol. The zero-order chi connectivity index (χ0) is 12.3. The van der Waals surface area contributed by atoms with E-state index in [9.17, 15) is 4.79 Å². The Morgan fingerprint density at radius 3 is 2.82 bits per heavy atom. The van der Waals surface area contributed by atoms with Gasteiger partial charge in [0.1, 0.15) is 0 Å². The summed E-state index contributed by atoms with van der Waals surface area (Å²) in [7, 11) is 0. The molecular weight excluding hydrogens is 214 g/mol. The number of nitrogens with zero attached hydrogens (tertiary/aromatic N) is 2. The van der Waals surface area contributed by atoms with E-state index < -0.39 is 0 Å². The zero-order valence-corrected chi connectivity index (χ0v) is 9.71. The Balaban J connectivity index is 2.23. The number of benzene rings is 1. The minimum Gasteiger partial charge on any atom is -0.322 e. The zero-order valence-electron chi connectivity index (χ0n) is 9.71. The summed E-state index contributed by atoms with van der Waals surface area (Å²) in [4.78, 5) is 15.2. The fourth-order valence-corrected chi connectivity index (χ4v) is 1.84. The second-order valence-corrected chi connectivity index (χ2v) is 4.02. The van der Waals surface area contributed by atoms with Crippen molar-refractivity contribution < 1.29 is 0 Å². The van der Waals surface area contributed by atoms with Crippen LogP contribution in [0.25, 0.3) is 0 Å². The maximum atomic E-state index is 11.5. The number of hydrogen-bond donors (Lipinski definition) is 1. The van der Waals surface area contributed by atoms with Crippen LogP contribution < -0.4 is 11.4 Å². The second-order valence-electron chi connectivity index (χ2n) is 4.02. The molecular formula is C13H15N3O. The fourth-order valence-electron chi connectivity index (χ4n) is 1.84. The summed E-state index contributed by atoms with van der Waals surface area (Å²) in [6.07, 6.45) is 3.19. The van der Waals surface area contributed by atoms with Crippen LogP contribution in [-0.4, -0.2) is 9.55 Å². The lowest BCUT2D eigenvalue weighted by Crippen LogP contribution is -2.28. The molecule has 0 aliphatic heterocycles. The lowest BCUT2D eigenvalue weighted by Gasteiger charge is -2.15. The van der Waals surface area contributed by atoms with E-state index in [2.05, 4.69) is 4.98 Å². The standard InChI is InChI=1S/C13H15N3O/c1-10-5-2-3-6-11(10)12(14)9-16-8-4-7-15-13(16)17/h2-8,12H,9,14H2,1H3. The van der Waals surface area contributed by atoms with E-state index in [0.717, 1.165) is 11.1 Å². The molecule has 0 bridgehead atoms. The molecule has 0 saturated carbocycles. The average molecular weight is 229 g/mol. The Morgan fingerprint density at radius 2 is 2.12 bits per heavy atom. The molecule has 17 heavy (non-hydrogen) atoms. The summed E-state index contributed by atoms with van der Waals surface area (Å²) in [6, 6.07) is 9.46. The van der Waals surface area contributed by atoms with Gasteiger partial charge in [-0.25, -0.2) is 9.78 Å². The van der Waals surface area contributed by atoms with E-state index in [1.54, 1.807) is 12.3 Å². The van der Waals surface area contributed by atoms with Crippen LogP contribution in [0.2, 0.25) is 0 Å². The lowest BCUT2D eigenvalue weighted by molar-refractivity contribution is 0.549. The third-order valence-electron chi connectivity index (χ3n) is 2.76. The number of hydrogen-bond acceptors (Lipinski definition) is 3. The summed E-state index contributed by atoms with van der Waals surface area (Å²) in [5, 5.41) is 0. The van der Waals surface area contributed by atoms with Crippen LogP contribution in [-0.2, 0) is 6.54 Å². The van der Waals surface area contributed by atoms with Crippen LogP contribution in [0.15, 0.2) is 47.5 Å².